The summed E-state index contributed by atoms with van der Waals surface area (Å²) in [5.41, 5.74) is 0.612. The van der Waals surface area contributed by atoms with Gasteiger partial charge in [0.2, 0.25) is 0 Å². The van der Waals surface area contributed by atoms with Crippen molar-refractivity contribution in [2.24, 2.45) is 0 Å². The van der Waals surface area contributed by atoms with E-state index in [2.05, 4.69) is 0 Å². The van der Waals surface area contributed by atoms with Crippen molar-refractivity contribution in [3.8, 4) is 5.75 Å². The Morgan fingerprint density at radius 1 is 1.04 bits per heavy atom. The van der Waals surface area contributed by atoms with Crippen LogP contribution in [0, 0.1) is 0 Å². The minimum Gasteiger partial charge on any atom is -0.492 e. The second kappa shape index (κ2) is 10.3. The molecule has 0 amide bonds. The number of para-hydroxylation sites is 1. The van der Waals surface area contributed by atoms with Crippen LogP contribution in [0.3, 0.4) is 0 Å². The van der Waals surface area contributed by atoms with Gasteiger partial charge in [0.05, 0.1) is 11.9 Å². The first-order chi connectivity index (χ1) is 12.8. The lowest BCUT2D eigenvalue weighted by Crippen LogP contribution is -2.38. The number of halogens is 1. The van der Waals surface area contributed by atoms with Crippen molar-refractivity contribution < 1.29 is 14.3 Å². The number of carbonyl (C=O) groups excluding carboxylic acids is 1. The molecule has 0 aliphatic heterocycles. The highest BCUT2D eigenvalue weighted by Gasteiger charge is 2.21. The minimum absolute atomic E-state index is 0.181. The van der Waals surface area contributed by atoms with Crippen LogP contribution in [0.5, 0.6) is 5.75 Å². The van der Waals surface area contributed by atoms with Crippen molar-refractivity contribution in [2.75, 3.05) is 19.7 Å². The number of rotatable bonds is 9. The normalized spacial score (nSPS) is 12.6. The minimum atomic E-state index is -0.508. The van der Waals surface area contributed by atoms with Gasteiger partial charge in [-0.1, -0.05) is 48.5 Å². The van der Waals surface area contributed by atoms with Crippen LogP contribution < -0.4 is 4.74 Å². The van der Waals surface area contributed by atoms with Crippen LogP contribution in [-0.2, 0) is 16.1 Å². The van der Waals surface area contributed by atoms with Crippen LogP contribution in [0.25, 0.3) is 0 Å². The van der Waals surface area contributed by atoms with Crippen LogP contribution in [0.1, 0.15) is 26.3 Å². The molecule has 0 heterocycles. The van der Waals surface area contributed by atoms with Gasteiger partial charge < -0.3 is 9.47 Å². The molecule has 0 bridgehead atoms. The monoisotopic (exact) mass is 389 g/mol. The number of ether oxygens (including phenoxy) is 2. The summed E-state index contributed by atoms with van der Waals surface area (Å²) in [4.78, 5) is 14.3. The summed E-state index contributed by atoms with van der Waals surface area (Å²) < 4.78 is 11.2. The third kappa shape index (κ3) is 8.94. The molecule has 146 valence electrons. The molecule has 2 rings (SSSR count). The summed E-state index contributed by atoms with van der Waals surface area (Å²) in [6.45, 7) is 7.28. The zero-order valence-corrected chi connectivity index (χ0v) is 17.0. The highest BCUT2D eigenvalue weighted by molar-refractivity contribution is 6.20. The van der Waals surface area contributed by atoms with Gasteiger partial charge in [0.15, 0.2) is 0 Å². The molecule has 0 saturated heterocycles. The number of benzene rings is 2. The van der Waals surface area contributed by atoms with Crippen molar-refractivity contribution in [1.82, 2.24) is 4.90 Å². The molecule has 0 fully saturated rings. The molecule has 0 N–H and O–H groups in total. The number of esters is 1. The lowest BCUT2D eigenvalue weighted by Gasteiger charge is -2.26. The van der Waals surface area contributed by atoms with E-state index in [9.17, 15) is 4.79 Å². The Morgan fingerprint density at radius 2 is 1.63 bits per heavy atom. The van der Waals surface area contributed by atoms with Crippen molar-refractivity contribution in [3.05, 3.63) is 66.2 Å². The third-order valence-corrected chi connectivity index (χ3v) is 3.92. The molecular weight excluding hydrogens is 362 g/mol. The Balaban J connectivity index is 1.94. The molecular formula is C22H28ClNO3. The van der Waals surface area contributed by atoms with E-state index in [1.165, 1.54) is 0 Å². The van der Waals surface area contributed by atoms with Gasteiger partial charge >= 0.3 is 5.97 Å². The molecule has 0 aliphatic rings. The van der Waals surface area contributed by atoms with Gasteiger partial charge in [-0.3, -0.25) is 9.69 Å². The summed E-state index contributed by atoms with van der Waals surface area (Å²) in [6.07, 6.45) is 0. The highest BCUT2D eigenvalue weighted by Crippen LogP contribution is 2.13. The van der Waals surface area contributed by atoms with E-state index in [-0.39, 0.29) is 17.9 Å². The lowest BCUT2D eigenvalue weighted by atomic mass is 10.2. The van der Waals surface area contributed by atoms with Crippen LogP contribution in [-0.4, -0.2) is 41.5 Å². The van der Waals surface area contributed by atoms with E-state index in [1.807, 2.05) is 86.3 Å². The lowest BCUT2D eigenvalue weighted by molar-refractivity contribution is -0.156. The molecule has 0 saturated carbocycles. The van der Waals surface area contributed by atoms with Crippen molar-refractivity contribution >= 4 is 17.6 Å². The van der Waals surface area contributed by atoms with E-state index in [1.54, 1.807) is 0 Å². The average Bonchev–Trinajstić information content (AvgIpc) is 2.60. The van der Waals surface area contributed by atoms with Gasteiger partial charge in [0.25, 0.3) is 0 Å². The molecule has 27 heavy (non-hydrogen) atoms. The third-order valence-electron chi connectivity index (χ3n) is 3.65. The number of carbonyl (C=O) groups is 1. The Bertz CT molecular complexity index is 686. The molecule has 0 radical (unpaired) electrons. The molecule has 0 aliphatic carbocycles. The largest absolute Gasteiger partial charge is 0.492 e. The Morgan fingerprint density at radius 3 is 2.22 bits per heavy atom. The second-order valence-electron chi connectivity index (χ2n) is 7.46. The van der Waals surface area contributed by atoms with Crippen LogP contribution in [0.4, 0.5) is 0 Å². The Hall–Kier alpha value is -2.04. The SMILES string of the molecule is CC(C)(C)OC(=O)CN(Cc1ccccc1)C[C@H](Cl)COc1ccccc1. The number of nitrogens with zero attached hydrogens (tertiary/aromatic N) is 1. The predicted octanol–water partition coefficient (Wildman–Crippen LogP) is 4.52. The Labute approximate surface area is 167 Å². The molecule has 2 aromatic carbocycles. The molecule has 4 nitrogen and oxygen atoms in total. The van der Waals surface area contributed by atoms with Gasteiger partial charge in [0, 0.05) is 13.1 Å². The van der Waals surface area contributed by atoms with Gasteiger partial charge in [-0.15, -0.1) is 11.6 Å². The molecule has 5 heteroatoms. The zero-order chi connectivity index (χ0) is 19.7. The summed E-state index contributed by atoms with van der Waals surface area (Å²) >= 11 is 6.49. The first-order valence-electron chi connectivity index (χ1n) is 9.12. The second-order valence-corrected chi connectivity index (χ2v) is 8.08. The average molecular weight is 390 g/mol. The van der Waals surface area contributed by atoms with Gasteiger partial charge in [-0.25, -0.2) is 0 Å². The van der Waals surface area contributed by atoms with Gasteiger partial charge in [-0.2, -0.15) is 0 Å². The van der Waals surface area contributed by atoms with Crippen LogP contribution in [0.15, 0.2) is 60.7 Å². The van der Waals surface area contributed by atoms with Gasteiger partial charge in [0.1, 0.15) is 18.0 Å². The van der Waals surface area contributed by atoms with E-state index >= 15 is 0 Å². The van der Waals surface area contributed by atoms with Gasteiger partial charge in [-0.05, 0) is 38.5 Å². The van der Waals surface area contributed by atoms with E-state index in [4.69, 9.17) is 21.1 Å². The summed E-state index contributed by atoms with van der Waals surface area (Å²) in [6, 6.07) is 19.6. The highest BCUT2D eigenvalue weighted by atomic mass is 35.5. The maximum Gasteiger partial charge on any atom is 0.320 e. The maximum absolute atomic E-state index is 12.3. The number of alkyl halides is 1. The molecule has 0 aromatic heterocycles. The molecule has 2 aromatic rings. The first kappa shape index (κ1) is 21.3. The molecule has 0 spiro atoms. The fourth-order valence-corrected chi connectivity index (χ4v) is 2.88. The topological polar surface area (TPSA) is 38.8 Å². The quantitative estimate of drug-likeness (QED) is 0.467. The summed E-state index contributed by atoms with van der Waals surface area (Å²) in [5.74, 6) is 0.524. The Kier molecular flexibility index (Phi) is 8.14. The number of hydrogen-bond donors (Lipinski definition) is 0. The van der Waals surface area contributed by atoms with Crippen molar-refractivity contribution in [3.63, 3.8) is 0 Å². The van der Waals surface area contributed by atoms with Crippen molar-refractivity contribution in [2.45, 2.75) is 38.3 Å². The first-order valence-corrected chi connectivity index (χ1v) is 9.55. The predicted molar refractivity (Wildman–Crippen MR) is 109 cm³/mol. The molecule has 1 atom stereocenters. The van der Waals surface area contributed by atoms with Crippen LogP contribution in [0.2, 0.25) is 0 Å². The molecule has 0 unspecified atom stereocenters. The zero-order valence-electron chi connectivity index (χ0n) is 16.2. The fourth-order valence-electron chi connectivity index (χ4n) is 2.62. The summed E-state index contributed by atoms with van der Waals surface area (Å²) in [5, 5.41) is -0.253. The fraction of sp³-hybridized carbons (Fsp3) is 0.409. The van der Waals surface area contributed by atoms with Crippen LogP contribution >= 0.6 is 11.6 Å². The standard InChI is InChI=1S/C22H28ClNO3/c1-22(2,3)27-21(25)16-24(14-18-10-6-4-7-11-18)15-19(23)17-26-20-12-8-5-9-13-20/h4-13,19H,14-17H2,1-3H3/t19-/m0/s1. The van der Waals surface area contributed by atoms with E-state index < -0.39 is 5.60 Å². The van der Waals surface area contributed by atoms with Crippen molar-refractivity contribution in [1.29, 1.82) is 0 Å². The maximum atomic E-state index is 12.3. The van der Waals surface area contributed by atoms with E-state index in [0.717, 1.165) is 11.3 Å². The number of hydrogen-bond acceptors (Lipinski definition) is 4. The smallest absolute Gasteiger partial charge is 0.320 e. The summed E-state index contributed by atoms with van der Waals surface area (Å²) in [7, 11) is 0. The van der Waals surface area contributed by atoms with E-state index in [0.29, 0.717) is 19.7 Å².